The monoisotopic (exact) mass is 472 g/mol. The fraction of sp³-hybridized carbons (Fsp3) is 0.409. The molecule has 3 rings (SSSR count). The van der Waals surface area contributed by atoms with Crippen LogP contribution in [0.5, 0.6) is 0 Å². The second-order valence-electron chi connectivity index (χ2n) is 7.48. The van der Waals surface area contributed by atoms with E-state index in [0.717, 1.165) is 31.5 Å². The summed E-state index contributed by atoms with van der Waals surface area (Å²) in [5.41, 5.74) is 1.50. The standard InChI is InChI=1S/C22H24Cl4N2O/c23-17-4-5-18(20(25)12-17)22(29)28-13-16(2-1-14-7-9-27-10-8-14)15-3-6-19(24)21(26)11-15/h3-6,11-12,14,16,27H,1-2,7-10,13H2,(H,28,29). The van der Waals surface area contributed by atoms with Crippen LogP contribution in [0.1, 0.15) is 47.5 Å². The largest absolute Gasteiger partial charge is 0.351 e. The molecule has 1 aliphatic heterocycles. The SMILES string of the molecule is O=C(NCC(CCC1CCNCC1)c1ccc(Cl)c(Cl)c1)c1ccc(Cl)cc1Cl. The van der Waals surface area contributed by atoms with Crippen LogP contribution in [0.25, 0.3) is 0 Å². The Morgan fingerprint density at radius 1 is 1.00 bits per heavy atom. The fourth-order valence-corrected chi connectivity index (χ4v) is 4.55. The summed E-state index contributed by atoms with van der Waals surface area (Å²) in [6, 6.07) is 10.6. The van der Waals surface area contributed by atoms with E-state index >= 15 is 0 Å². The lowest BCUT2D eigenvalue weighted by atomic mass is 9.86. The van der Waals surface area contributed by atoms with Crippen LogP contribution < -0.4 is 10.6 Å². The molecule has 2 N–H and O–H groups in total. The molecule has 2 aromatic carbocycles. The van der Waals surface area contributed by atoms with Crippen LogP contribution in [-0.2, 0) is 0 Å². The lowest BCUT2D eigenvalue weighted by Gasteiger charge is -2.25. The Morgan fingerprint density at radius 2 is 1.76 bits per heavy atom. The first-order valence-electron chi connectivity index (χ1n) is 9.83. The normalized spacial score (nSPS) is 15.9. The van der Waals surface area contributed by atoms with Crippen LogP contribution in [-0.4, -0.2) is 25.5 Å². The topological polar surface area (TPSA) is 41.1 Å². The number of nitrogens with one attached hydrogen (secondary N) is 2. The third kappa shape index (κ3) is 6.50. The van der Waals surface area contributed by atoms with Gasteiger partial charge >= 0.3 is 0 Å². The van der Waals surface area contributed by atoms with Gasteiger partial charge in [-0.25, -0.2) is 0 Å². The summed E-state index contributed by atoms with van der Waals surface area (Å²) in [5.74, 6) is 0.649. The maximum atomic E-state index is 12.6. The smallest absolute Gasteiger partial charge is 0.252 e. The second kappa shape index (κ2) is 10.9. The minimum absolute atomic E-state index is 0.148. The van der Waals surface area contributed by atoms with Gasteiger partial charge in [-0.3, -0.25) is 4.79 Å². The van der Waals surface area contributed by atoms with Crippen molar-refractivity contribution in [3.05, 3.63) is 67.6 Å². The number of hydrogen-bond acceptors (Lipinski definition) is 2. The number of carbonyl (C=O) groups is 1. The van der Waals surface area contributed by atoms with Gasteiger partial charge in [0, 0.05) is 17.5 Å². The molecule has 3 nitrogen and oxygen atoms in total. The molecule has 156 valence electrons. The van der Waals surface area contributed by atoms with Crippen molar-refractivity contribution in [1.29, 1.82) is 0 Å². The van der Waals surface area contributed by atoms with Crippen molar-refractivity contribution in [2.24, 2.45) is 5.92 Å². The first-order valence-corrected chi connectivity index (χ1v) is 11.3. The minimum Gasteiger partial charge on any atom is -0.351 e. The molecule has 0 aliphatic carbocycles. The maximum absolute atomic E-state index is 12.6. The van der Waals surface area contributed by atoms with Gasteiger partial charge in [0.2, 0.25) is 0 Å². The van der Waals surface area contributed by atoms with E-state index in [1.165, 1.54) is 12.8 Å². The van der Waals surface area contributed by atoms with E-state index in [2.05, 4.69) is 10.6 Å². The van der Waals surface area contributed by atoms with Crippen LogP contribution in [0.15, 0.2) is 36.4 Å². The summed E-state index contributed by atoms with van der Waals surface area (Å²) in [6.45, 7) is 2.66. The molecular weight excluding hydrogens is 450 g/mol. The first kappa shape index (κ1) is 22.7. The lowest BCUT2D eigenvalue weighted by molar-refractivity contribution is 0.0950. The third-order valence-corrected chi connectivity index (χ3v) is 6.77. The van der Waals surface area contributed by atoms with Crippen molar-refractivity contribution < 1.29 is 4.79 Å². The highest BCUT2D eigenvalue weighted by atomic mass is 35.5. The van der Waals surface area contributed by atoms with Gasteiger partial charge in [-0.2, -0.15) is 0 Å². The molecule has 1 saturated heterocycles. The van der Waals surface area contributed by atoms with E-state index in [0.29, 0.717) is 38.1 Å². The van der Waals surface area contributed by atoms with Gasteiger partial charge in [-0.15, -0.1) is 0 Å². The van der Waals surface area contributed by atoms with Crippen LogP contribution in [0, 0.1) is 5.92 Å². The molecule has 1 unspecified atom stereocenters. The molecule has 0 radical (unpaired) electrons. The van der Waals surface area contributed by atoms with Gasteiger partial charge in [0.1, 0.15) is 0 Å². The third-order valence-electron chi connectivity index (χ3n) is 5.48. The maximum Gasteiger partial charge on any atom is 0.252 e. The number of rotatable bonds is 7. The molecule has 1 heterocycles. The summed E-state index contributed by atoms with van der Waals surface area (Å²) in [7, 11) is 0. The van der Waals surface area contributed by atoms with Crippen molar-refractivity contribution in [3.63, 3.8) is 0 Å². The van der Waals surface area contributed by atoms with Gasteiger partial charge in [0.15, 0.2) is 0 Å². The first-order chi connectivity index (χ1) is 13.9. The minimum atomic E-state index is -0.210. The van der Waals surface area contributed by atoms with Crippen LogP contribution in [0.2, 0.25) is 20.1 Å². The van der Waals surface area contributed by atoms with Crippen molar-refractivity contribution in [2.45, 2.75) is 31.6 Å². The average Bonchev–Trinajstić information content (AvgIpc) is 2.71. The highest BCUT2D eigenvalue weighted by Crippen LogP contribution is 2.31. The highest BCUT2D eigenvalue weighted by Gasteiger charge is 2.20. The van der Waals surface area contributed by atoms with Crippen molar-refractivity contribution in [2.75, 3.05) is 19.6 Å². The number of benzene rings is 2. The molecule has 1 atom stereocenters. The summed E-state index contributed by atoms with van der Waals surface area (Å²) in [5, 5.41) is 8.34. The van der Waals surface area contributed by atoms with E-state index in [4.69, 9.17) is 46.4 Å². The molecule has 1 aliphatic rings. The van der Waals surface area contributed by atoms with Crippen LogP contribution in [0.3, 0.4) is 0 Å². The van der Waals surface area contributed by atoms with E-state index in [9.17, 15) is 4.79 Å². The molecular formula is C22H24Cl4N2O. The predicted octanol–water partition coefficient (Wildman–Crippen LogP) is 6.59. The Bertz CT molecular complexity index is 853. The summed E-state index contributed by atoms with van der Waals surface area (Å²) < 4.78 is 0. The zero-order valence-corrected chi connectivity index (χ0v) is 19.0. The summed E-state index contributed by atoms with van der Waals surface area (Å²) in [6.07, 6.45) is 4.48. The molecule has 1 fully saturated rings. The van der Waals surface area contributed by atoms with Gasteiger partial charge in [-0.1, -0.05) is 52.5 Å². The molecule has 0 bridgehead atoms. The fourth-order valence-electron chi connectivity index (χ4n) is 3.74. The quantitative estimate of drug-likeness (QED) is 0.475. The molecule has 0 spiro atoms. The predicted molar refractivity (Wildman–Crippen MR) is 123 cm³/mol. The van der Waals surface area contributed by atoms with Crippen molar-refractivity contribution in [3.8, 4) is 0 Å². The zero-order chi connectivity index (χ0) is 20.8. The van der Waals surface area contributed by atoms with Gasteiger partial charge in [0.05, 0.1) is 20.6 Å². The summed E-state index contributed by atoms with van der Waals surface area (Å²) >= 11 is 24.4. The number of amides is 1. The van der Waals surface area contributed by atoms with Crippen LogP contribution in [0.4, 0.5) is 0 Å². The number of piperidine rings is 1. The zero-order valence-electron chi connectivity index (χ0n) is 16.0. The van der Waals surface area contributed by atoms with Crippen molar-refractivity contribution >= 4 is 52.3 Å². The Morgan fingerprint density at radius 3 is 2.45 bits per heavy atom. The number of hydrogen-bond donors (Lipinski definition) is 2. The van der Waals surface area contributed by atoms with Crippen molar-refractivity contribution in [1.82, 2.24) is 10.6 Å². The van der Waals surface area contributed by atoms with E-state index in [1.54, 1.807) is 18.2 Å². The molecule has 0 aromatic heterocycles. The average molecular weight is 474 g/mol. The second-order valence-corrected chi connectivity index (χ2v) is 9.13. The molecule has 2 aromatic rings. The lowest BCUT2D eigenvalue weighted by Crippen LogP contribution is -2.30. The van der Waals surface area contributed by atoms with Gasteiger partial charge in [-0.05, 0) is 80.6 Å². The molecule has 0 saturated carbocycles. The van der Waals surface area contributed by atoms with Gasteiger partial charge in [0.25, 0.3) is 5.91 Å². The Kier molecular flexibility index (Phi) is 8.52. The molecule has 29 heavy (non-hydrogen) atoms. The number of halogens is 4. The summed E-state index contributed by atoms with van der Waals surface area (Å²) in [4.78, 5) is 12.6. The Balaban J connectivity index is 1.69. The Hall–Kier alpha value is -0.970. The molecule has 7 heteroatoms. The van der Waals surface area contributed by atoms with E-state index in [1.807, 2.05) is 18.2 Å². The number of carbonyl (C=O) groups excluding carboxylic acids is 1. The molecule has 1 amide bonds. The van der Waals surface area contributed by atoms with E-state index in [-0.39, 0.29) is 11.8 Å². The van der Waals surface area contributed by atoms with Crippen LogP contribution >= 0.6 is 46.4 Å². The van der Waals surface area contributed by atoms with Gasteiger partial charge < -0.3 is 10.6 Å². The Labute approximate surface area is 192 Å². The van der Waals surface area contributed by atoms with E-state index < -0.39 is 0 Å². The highest BCUT2D eigenvalue weighted by molar-refractivity contribution is 6.42.